The summed E-state index contributed by atoms with van der Waals surface area (Å²) >= 11 is 0. The standard InChI is InChI=1S/C6H11N5O2/c1-2-9-5-6(12)10-3(7)4(8)11(5)13/h13H,2,7-8H2,1H3,(H,10,12). The molecule has 0 amide bonds. The van der Waals surface area contributed by atoms with Crippen LogP contribution in [0.15, 0.2) is 9.79 Å². The van der Waals surface area contributed by atoms with Gasteiger partial charge in [0.1, 0.15) is 5.82 Å². The Labute approximate surface area is 73.3 Å². The number of nitrogens with two attached hydrogens (primary N) is 2. The first kappa shape index (κ1) is 9.17. The molecule has 72 valence electrons. The largest absolute Gasteiger partial charge is 0.425 e. The smallest absolute Gasteiger partial charge is 0.295 e. The van der Waals surface area contributed by atoms with E-state index >= 15 is 0 Å². The van der Waals surface area contributed by atoms with Crippen LogP contribution in [0.1, 0.15) is 6.92 Å². The van der Waals surface area contributed by atoms with Gasteiger partial charge in [0.2, 0.25) is 5.49 Å². The van der Waals surface area contributed by atoms with Crippen LogP contribution in [0.5, 0.6) is 0 Å². The lowest BCUT2D eigenvalue weighted by Gasteiger charge is -2.04. The number of aromatic amines is 1. The van der Waals surface area contributed by atoms with Gasteiger partial charge in [0.05, 0.1) is 0 Å². The lowest BCUT2D eigenvalue weighted by atomic mass is 10.6. The summed E-state index contributed by atoms with van der Waals surface area (Å²) in [5, 5.41) is 9.29. The van der Waals surface area contributed by atoms with Crippen LogP contribution in [-0.4, -0.2) is 21.5 Å². The van der Waals surface area contributed by atoms with E-state index < -0.39 is 5.56 Å². The van der Waals surface area contributed by atoms with E-state index in [2.05, 4.69) is 9.98 Å². The first-order chi connectivity index (χ1) is 6.07. The monoisotopic (exact) mass is 185 g/mol. The third-order valence-electron chi connectivity index (χ3n) is 1.46. The van der Waals surface area contributed by atoms with Crippen LogP contribution in [-0.2, 0) is 0 Å². The molecule has 0 saturated carbocycles. The minimum atomic E-state index is -0.573. The zero-order chi connectivity index (χ0) is 10.0. The number of aromatic nitrogens is 2. The highest BCUT2D eigenvalue weighted by Crippen LogP contribution is 2.01. The van der Waals surface area contributed by atoms with Gasteiger partial charge in [-0.3, -0.25) is 9.79 Å². The fourth-order valence-electron chi connectivity index (χ4n) is 0.855. The number of nitrogen functional groups attached to an aromatic ring is 2. The molecule has 0 aliphatic heterocycles. The molecule has 0 aliphatic carbocycles. The lowest BCUT2D eigenvalue weighted by molar-refractivity contribution is 0.176. The highest BCUT2D eigenvalue weighted by molar-refractivity contribution is 5.51. The Morgan fingerprint density at radius 3 is 2.77 bits per heavy atom. The summed E-state index contributed by atoms with van der Waals surface area (Å²) < 4.78 is 0.470. The van der Waals surface area contributed by atoms with Gasteiger partial charge in [0.25, 0.3) is 5.56 Å². The summed E-state index contributed by atoms with van der Waals surface area (Å²) in [7, 11) is 0. The molecule has 0 spiro atoms. The van der Waals surface area contributed by atoms with E-state index in [1.165, 1.54) is 0 Å². The topological polar surface area (TPSA) is 122 Å². The van der Waals surface area contributed by atoms with Gasteiger partial charge in [-0.15, -0.1) is 4.73 Å². The third-order valence-corrected chi connectivity index (χ3v) is 1.46. The Bertz CT molecular complexity index is 430. The van der Waals surface area contributed by atoms with Gasteiger partial charge >= 0.3 is 0 Å². The van der Waals surface area contributed by atoms with Crippen molar-refractivity contribution in [1.82, 2.24) is 9.71 Å². The molecule has 7 heteroatoms. The predicted molar refractivity (Wildman–Crippen MR) is 47.2 cm³/mol. The molecule has 1 aromatic heterocycles. The molecule has 1 aromatic rings. The quantitative estimate of drug-likeness (QED) is 0.397. The van der Waals surface area contributed by atoms with Crippen molar-refractivity contribution >= 4 is 11.6 Å². The molecule has 0 saturated heterocycles. The molecule has 13 heavy (non-hydrogen) atoms. The molecule has 0 fully saturated rings. The zero-order valence-electron chi connectivity index (χ0n) is 7.11. The van der Waals surface area contributed by atoms with Crippen molar-refractivity contribution in [3.8, 4) is 0 Å². The van der Waals surface area contributed by atoms with Gasteiger partial charge in [-0.2, -0.15) is 0 Å². The molecule has 6 N–H and O–H groups in total. The maximum Gasteiger partial charge on any atom is 0.295 e. The molecular weight excluding hydrogens is 174 g/mol. The highest BCUT2D eigenvalue weighted by atomic mass is 16.5. The Kier molecular flexibility index (Phi) is 2.27. The average Bonchev–Trinajstić information content (AvgIpc) is 2.09. The molecular formula is C6H11N5O2. The molecule has 1 rings (SSSR count). The van der Waals surface area contributed by atoms with Crippen molar-refractivity contribution in [3.05, 3.63) is 15.8 Å². The van der Waals surface area contributed by atoms with Crippen LogP contribution in [0.25, 0.3) is 0 Å². The Hall–Kier alpha value is -1.92. The molecule has 0 radical (unpaired) electrons. The van der Waals surface area contributed by atoms with E-state index in [0.717, 1.165) is 0 Å². The Balaban J connectivity index is 3.64. The fourth-order valence-corrected chi connectivity index (χ4v) is 0.855. The van der Waals surface area contributed by atoms with Crippen molar-refractivity contribution < 1.29 is 5.21 Å². The second kappa shape index (κ2) is 3.21. The highest BCUT2D eigenvalue weighted by Gasteiger charge is 2.04. The number of rotatable bonds is 1. The fraction of sp³-hybridized carbons (Fsp3) is 0.333. The summed E-state index contributed by atoms with van der Waals surface area (Å²) in [6, 6.07) is 0. The van der Waals surface area contributed by atoms with Crippen molar-refractivity contribution in [2.24, 2.45) is 4.99 Å². The van der Waals surface area contributed by atoms with Crippen LogP contribution >= 0.6 is 0 Å². The van der Waals surface area contributed by atoms with Gasteiger partial charge < -0.3 is 21.7 Å². The maximum atomic E-state index is 11.1. The van der Waals surface area contributed by atoms with Gasteiger partial charge in [-0.05, 0) is 6.92 Å². The molecule has 0 aromatic carbocycles. The summed E-state index contributed by atoms with van der Waals surface area (Å²) in [5.41, 5.74) is 9.89. The van der Waals surface area contributed by atoms with E-state index in [1.54, 1.807) is 6.92 Å². The zero-order valence-corrected chi connectivity index (χ0v) is 7.11. The molecule has 0 unspecified atom stereocenters. The minimum Gasteiger partial charge on any atom is -0.425 e. The first-order valence-electron chi connectivity index (χ1n) is 3.68. The summed E-state index contributed by atoms with van der Waals surface area (Å²) in [5.74, 6) is -0.214. The average molecular weight is 185 g/mol. The summed E-state index contributed by atoms with van der Waals surface area (Å²) in [6.45, 7) is 2.10. The Morgan fingerprint density at radius 2 is 2.23 bits per heavy atom. The number of nitrogens with one attached hydrogen (secondary N) is 1. The number of anilines is 2. The summed E-state index contributed by atoms with van der Waals surface area (Å²) in [4.78, 5) is 17.1. The Morgan fingerprint density at radius 1 is 1.62 bits per heavy atom. The van der Waals surface area contributed by atoms with Crippen molar-refractivity contribution in [2.75, 3.05) is 18.0 Å². The SMILES string of the molecule is CCN=c1c(=O)[nH]c(N)c(N)n1O. The number of H-pyrrole nitrogens is 1. The normalized spacial score (nSPS) is 11.9. The molecule has 1 heterocycles. The minimum absolute atomic E-state index is 0.0810. The van der Waals surface area contributed by atoms with Crippen LogP contribution < -0.4 is 22.5 Å². The second-order valence-corrected chi connectivity index (χ2v) is 2.36. The van der Waals surface area contributed by atoms with Gasteiger partial charge in [0.15, 0.2) is 5.82 Å². The first-order valence-corrected chi connectivity index (χ1v) is 3.68. The lowest BCUT2D eigenvalue weighted by Crippen LogP contribution is -2.39. The van der Waals surface area contributed by atoms with Gasteiger partial charge in [0, 0.05) is 6.54 Å². The van der Waals surface area contributed by atoms with Crippen LogP contribution in [0, 0.1) is 0 Å². The third kappa shape index (κ3) is 1.48. The van der Waals surface area contributed by atoms with E-state index in [4.69, 9.17) is 11.5 Å². The van der Waals surface area contributed by atoms with E-state index in [0.29, 0.717) is 11.3 Å². The molecule has 7 nitrogen and oxygen atoms in total. The number of hydrogen-bond acceptors (Lipinski definition) is 5. The molecule has 0 aliphatic rings. The van der Waals surface area contributed by atoms with E-state index in [9.17, 15) is 10.0 Å². The summed E-state index contributed by atoms with van der Waals surface area (Å²) in [6.07, 6.45) is 0. The molecule has 0 bridgehead atoms. The van der Waals surface area contributed by atoms with Crippen molar-refractivity contribution in [1.29, 1.82) is 0 Å². The van der Waals surface area contributed by atoms with Crippen LogP contribution in [0.3, 0.4) is 0 Å². The number of nitrogens with zero attached hydrogens (tertiary/aromatic N) is 2. The maximum absolute atomic E-state index is 11.1. The van der Waals surface area contributed by atoms with Crippen molar-refractivity contribution in [3.63, 3.8) is 0 Å². The van der Waals surface area contributed by atoms with Crippen LogP contribution in [0.2, 0.25) is 0 Å². The van der Waals surface area contributed by atoms with Crippen LogP contribution in [0.4, 0.5) is 11.6 Å². The second-order valence-electron chi connectivity index (χ2n) is 2.36. The van der Waals surface area contributed by atoms with E-state index in [1.807, 2.05) is 0 Å². The predicted octanol–water partition coefficient (Wildman–Crippen LogP) is -1.50. The molecule has 0 atom stereocenters. The van der Waals surface area contributed by atoms with Crippen molar-refractivity contribution in [2.45, 2.75) is 6.92 Å². The van der Waals surface area contributed by atoms with Gasteiger partial charge in [-0.25, -0.2) is 0 Å². The van der Waals surface area contributed by atoms with E-state index in [-0.39, 0.29) is 17.1 Å². The van der Waals surface area contributed by atoms with Gasteiger partial charge in [-0.1, -0.05) is 0 Å². The number of hydrogen-bond donors (Lipinski definition) is 4.